The highest BCUT2D eigenvalue weighted by Crippen LogP contribution is 2.48. The lowest BCUT2D eigenvalue weighted by Gasteiger charge is -2.19. The molecule has 0 aromatic heterocycles. The van der Waals surface area contributed by atoms with E-state index in [1.807, 2.05) is 63.2 Å². The molecular formula is C21H24N2O3. The molecule has 136 valence electrons. The fourth-order valence-corrected chi connectivity index (χ4v) is 2.81. The molecule has 0 saturated heterocycles. The van der Waals surface area contributed by atoms with Crippen LogP contribution in [-0.2, 0) is 9.59 Å². The molecule has 26 heavy (non-hydrogen) atoms. The van der Waals surface area contributed by atoms with Crippen LogP contribution in [0.25, 0.3) is 0 Å². The molecule has 0 heterocycles. The van der Waals surface area contributed by atoms with Gasteiger partial charge in [0.25, 0.3) is 0 Å². The largest absolute Gasteiger partial charge is 0.489 e. The van der Waals surface area contributed by atoms with Crippen LogP contribution in [0.2, 0.25) is 0 Å². The number of benzene rings is 2. The van der Waals surface area contributed by atoms with Crippen LogP contribution < -0.4 is 15.4 Å². The summed E-state index contributed by atoms with van der Waals surface area (Å²) in [5.41, 5.74) is 1.28. The highest BCUT2D eigenvalue weighted by molar-refractivity contribution is 6.17. The molecule has 1 aliphatic carbocycles. The van der Waals surface area contributed by atoms with Crippen molar-refractivity contribution in [2.45, 2.75) is 39.7 Å². The zero-order chi connectivity index (χ0) is 18.7. The molecule has 3 rings (SSSR count). The summed E-state index contributed by atoms with van der Waals surface area (Å²) in [6.07, 6.45) is 1.08. The van der Waals surface area contributed by atoms with Crippen molar-refractivity contribution in [1.82, 2.24) is 0 Å². The second-order valence-electron chi connectivity index (χ2n) is 6.97. The number of aryl methyl sites for hydroxylation is 1. The Hall–Kier alpha value is -2.82. The molecule has 0 radical (unpaired) electrons. The van der Waals surface area contributed by atoms with Gasteiger partial charge in [-0.05, 0) is 57.4 Å². The van der Waals surface area contributed by atoms with Gasteiger partial charge < -0.3 is 15.4 Å². The topological polar surface area (TPSA) is 67.4 Å². The number of carbonyl (C=O) groups excluding carboxylic acids is 2. The van der Waals surface area contributed by atoms with Crippen LogP contribution >= 0.6 is 0 Å². The van der Waals surface area contributed by atoms with Gasteiger partial charge in [0.15, 0.2) is 0 Å². The van der Waals surface area contributed by atoms with Gasteiger partial charge in [-0.15, -0.1) is 0 Å². The number of nitrogens with one attached hydrogen (secondary N) is 2. The summed E-state index contributed by atoms with van der Waals surface area (Å²) in [4.78, 5) is 25.6. The van der Waals surface area contributed by atoms with Gasteiger partial charge in [-0.2, -0.15) is 0 Å². The summed E-state index contributed by atoms with van der Waals surface area (Å²) >= 11 is 0. The number of carbonyl (C=O) groups is 2. The van der Waals surface area contributed by atoms with Crippen molar-refractivity contribution in [1.29, 1.82) is 0 Å². The summed E-state index contributed by atoms with van der Waals surface area (Å²) in [6, 6.07) is 14.8. The van der Waals surface area contributed by atoms with Crippen molar-refractivity contribution in [3.63, 3.8) is 0 Å². The summed E-state index contributed by atoms with van der Waals surface area (Å²) in [5.74, 6) is 0.0564. The van der Waals surface area contributed by atoms with Crippen LogP contribution in [0.15, 0.2) is 48.5 Å². The quantitative estimate of drug-likeness (QED) is 0.768. The third-order valence-corrected chi connectivity index (χ3v) is 4.51. The lowest BCUT2D eigenvalue weighted by molar-refractivity contribution is -0.131. The molecule has 0 aliphatic heterocycles. The van der Waals surface area contributed by atoms with Gasteiger partial charge in [0.05, 0.1) is 11.8 Å². The number of hydrogen-bond donors (Lipinski definition) is 2. The van der Waals surface area contributed by atoms with Gasteiger partial charge in [-0.25, -0.2) is 0 Å². The fourth-order valence-electron chi connectivity index (χ4n) is 2.81. The van der Waals surface area contributed by atoms with Crippen LogP contribution in [0.4, 0.5) is 11.4 Å². The van der Waals surface area contributed by atoms with Crippen molar-refractivity contribution in [2.75, 3.05) is 10.6 Å². The maximum absolute atomic E-state index is 12.8. The molecule has 0 bridgehead atoms. The van der Waals surface area contributed by atoms with E-state index in [1.165, 1.54) is 0 Å². The summed E-state index contributed by atoms with van der Waals surface area (Å²) in [6.45, 7) is 5.78. The predicted octanol–water partition coefficient (Wildman–Crippen LogP) is 4.14. The Morgan fingerprint density at radius 1 is 0.923 bits per heavy atom. The number of ether oxygens (including phenoxy) is 1. The van der Waals surface area contributed by atoms with Gasteiger partial charge in [-0.3, -0.25) is 9.59 Å². The van der Waals surface area contributed by atoms with Gasteiger partial charge in [0, 0.05) is 5.69 Å². The SMILES string of the molecule is Cc1ccccc1NC(=O)C1(C(=O)Nc2ccccc2OC(C)C)CC1. The molecule has 0 spiro atoms. The monoisotopic (exact) mass is 352 g/mol. The highest BCUT2D eigenvalue weighted by Gasteiger charge is 2.56. The highest BCUT2D eigenvalue weighted by atomic mass is 16.5. The minimum Gasteiger partial charge on any atom is -0.489 e. The van der Waals surface area contributed by atoms with E-state index in [1.54, 1.807) is 6.07 Å². The second-order valence-corrected chi connectivity index (χ2v) is 6.97. The van der Waals surface area contributed by atoms with Crippen LogP contribution in [0.1, 0.15) is 32.3 Å². The molecule has 1 fully saturated rings. The minimum atomic E-state index is -1.01. The van der Waals surface area contributed by atoms with Gasteiger partial charge in [-0.1, -0.05) is 30.3 Å². The first-order valence-corrected chi connectivity index (χ1v) is 8.86. The number of para-hydroxylation sites is 3. The lowest BCUT2D eigenvalue weighted by atomic mass is 10.0. The minimum absolute atomic E-state index is 0.00714. The van der Waals surface area contributed by atoms with Crippen molar-refractivity contribution in [2.24, 2.45) is 5.41 Å². The Morgan fingerprint density at radius 3 is 2.04 bits per heavy atom. The molecule has 2 aromatic carbocycles. The normalized spacial score (nSPS) is 14.6. The third-order valence-electron chi connectivity index (χ3n) is 4.51. The van der Waals surface area contributed by atoms with E-state index in [9.17, 15) is 9.59 Å². The second kappa shape index (κ2) is 7.20. The Kier molecular flexibility index (Phi) is 4.98. The van der Waals surface area contributed by atoms with E-state index >= 15 is 0 Å². The van der Waals surface area contributed by atoms with Gasteiger partial charge in [0.1, 0.15) is 11.2 Å². The molecule has 2 amide bonds. The van der Waals surface area contributed by atoms with Crippen LogP contribution in [-0.4, -0.2) is 17.9 Å². The molecule has 0 unspecified atom stereocenters. The van der Waals surface area contributed by atoms with Crippen molar-refractivity contribution >= 4 is 23.2 Å². The molecule has 2 N–H and O–H groups in total. The third kappa shape index (κ3) is 3.72. The first kappa shape index (κ1) is 18.0. The Balaban J connectivity index is 1.74. The average molecular weight is 352 g/mol. The summed E-state index contributed by atoms with van der Waals surface area (Å²) in [5, 5.41) is 5.77. The summed E-state index contributed by atoms with van der Waals surface area (Å²) in [7, 11) is 0. The van der Waals surface area contributed by atoms with Crippen molar-refractivity contribution in [3.8, 4) is 5.75 Å². The molecule has 5 heteroatoms. The molecule has 2 aromatic rings. The number of hydrogen-bond acceptors (Lipinski definition) is 3. The van der Waals surface area contributed by atoms with E-state index in [0.29, 0.717) is 24.3 Å². The first-order chi connectivity index (χ1) is 12.4. The van der Waals surface area contributed by atoms with Crippen LogP contribution in [0.3, 0.4) is 0 Å². The lowest BCUT2D eigenvalue weighted by Crippen LogP contribution is -2.36. The molecule has 1 saturated carbocycles. The smallest absolute Gasteiger partial charge is 0.240 e. The van der Waals surface area contributed by atoms with E-state index < -0.39 is 5.41 Å². The molecule has 1 aliphatic rings. The first-order valence-electron chi connectivity index (χ1n) is 8.86. The maximum Gasteiger partial charge on any atom is 0.240 e. The van der Waals surface area contributed by atoms with E-state index in [0.717, 1.165) is 11.3 Å². The molecule has 5 nitrogen and oxygen atoms in total. The zero-order valence-corrected chi connectivity index (χ0v) is 15.3. The van der Waals surface area contributed by atoms with Crippen molar-refractivity contribution in [3.05, 3.63) is 54.1 Å². The van der Waals surface area contributed by atoms with Gasteiger partial charge in [0.2, 0.25) is 11.8 Å². The van der Waals surface area contributed by atoms with Gasteiger partial charge >= 0.3 is 0 Å². The molecular weight excluding hydrogens is 328 g/mol. The number of rotatable bonds is 6. The summed E-state index contributed by atoms with van der Waals surface area (Å²) < 4.78 is 5.74. The van der Waals surface area contributed by atoms with Crippen LogP contribution in [0, 0.1) is 12.3 Å². The number of anilines is 2. The zero-order valence-electron chi connectivity index (χ0n) is 15.3. The Labute approximate surface area is 153 Å². The van der Waals surface area contributed by atoms with Crippen molar-refractivity contribution < 1.29 is 14.3 Å². The maximum atomic E-state index is 12.8. The Bertz CT molecular complexity index is 826. The standard InChI is InChI=1S/C21H24N2O3/c1-14(2)26-18-11-7-6-10-17(18)23-20(25)21(12-13-21)19(24)22-16-9-5-4-8-15(16)3/h4-11,14H,12-13H2,1-3H3,(H,22,24)(H,23,25). The predicted molar refractivity (Wildman–Crippen MR) is 102 cm³/mol. The van der Waals surface area contributed by atoms with Crippen LogP contribution in [0.5, 0.6) is 5.75 Å². The fraction of sp³-hybridized carbons (Fsp3) is 0.333. The Morgan fingerprint density at radius 2 is 1.46 bits per heavy atom. The average Bonchev–Trinajstić information content (AvgIpc) is 3.40. The molecule has 0 atom stereocenters. The van der Waals surface area contributed by atoms with E-state index in [4.69, 9.17) is 4.74 Å². The van der Waals surface area contributed by atoms with E-state index in [-0.39, 0.29) is 17.9 Å². The number of amides is 2. The van der Waals surface area contributed by atoms with E-state index in [2.05, 4.69) is 10.6 Å².